The van der Waals surface area contributed by atoms with Crippen LogP contribution in [0.25, 0.3) is 9.88 Å². The summed E-state index contributed by atoms with van der Waals surface area (Å²) in [6, 6.07) is 4.40. The lowest BCUT2D eigenvalue weighted by Crippen LogP contribution is -2.25. The Morgan fingerprint density at radius 1 is 1.44 bits per heavy atom. The SMILES string of the molecule is O=C(NC1CC1)c1csc(-c2cccs2)n1. The predicted molar refractivity (Wildman–Crippen MR) is 65.9 cm³/mol. The van der Waals surface area contributed by atoms with Crippen LogP contribution in [0.4, 0.5) is 0 Å². The van der Waals surface area contributed by atoms with Crippen LogP contribution in [-0.4, -0.2) is 16.9 Å². The first-order valence-corrected chi connectivity index (χ1v) is 6.89. The van der Waals surface area contributed by atoms with Crippen LogP contribution in [0.15, 0.2) is 22.9 Å². The van der Waals surface area contributed by atoms with E-state index in [1.165, 1.54) is 11.3 Å². The highest BCUT2D eigenvalue weighted by molar-refractivity contribution is 7.20. The minimum atomic E-state index is -0.0402. The van der Waals surface area contributed by atoms with E-state index in [0.717, 1.165) is 22.7 Å². The van der Waals surface area contributed by atoms with Crippen molar-refractivity contribution in [3.8, 4) is 9.88 Å². The molecule has 3 rings (SSSR count). The van der Waals surface area contributed by atoms with Crippen LogP contribution < -0.4 is 5.32 Å². The highest BCUT2D eigenvalue weighted by Crippen LogP contribution is 2.28. The summed E-state index contributed by atoms with van der Waals surface area (Å²) in [7, 11) is 0. The fourth-order valence-electron chi connectivity index (χ4n) is 1.38. The van der Waals surface area contributed by atoms with Gasteiger partial charge in [-0.3, -0.25) is 4.79 Å². The molecule has 0 aliphatic heterocycles. The Balaban J connectivity index is 1.79. The second-order valence-corrected chi connectivity index (χ2v) is 5.57. The molecule has 0 saturated heterocycles. The molecule has 0 aromatic carbocycles. The van der Waals surface area contributed by atoms with Gasteiger partial charge in [0.2, 0.25) is 0 Å². The van der Waals surface area contributed by atoms with Crippen LogP contribution in [0.5, 0.6) is 0 Å². The number of nitrogens with zero attached hydrogens (tertiary/aromatic N) is 1. The van der Waals surface area contributed by atoms with Crippen LogP contribution >= 0.6 is 22.7 Å². The van der Waals surface area contributed by atoms with Crippen molar-refractivity contribution in [3.63, 3.8) is 0 Å². The molecular weight excluding hydrogens is 240 g/mol. The summed E-state index contributed by atoms with van der Waals surface area (Å²) in [5.74, 6) is -0.0402. The summed E-state index contributed by atoms with van der Waals surface area (Å²) in [5, 5.41) is 7.70. The molecule has 3 nitrogen and oxygen atoms in total. The van der Waals surface area contributed by atoms with Gasteiger partial charge in [0.25, 0.3) is 5.91 Å². The molecule has 1 saturated carbocycles. The molecule has 0 radical (unpaired) electrons. The van der Waals surface area contributed by atoms with Gasteiger partial charge in [0.1, 0.15) is 10.7 Å². The average molecular weight is 250 g/mol. The van der Waals surface area contributed by atoms with Gasteiger partial charge < -0.3 is 5.32 Å². The Bertz CT molecular complexity index is 500. The van der Waals surface area contributed by atoms with Crippen LogP contribution in [0.1, 0.15) is 23.3 Å². The number of thiazole rings is 1. The van der Waals surface area contributed by atoms with Gasteiger partial charge in [-0.25, -0.2) is 4.98 Å². The standard InChI is InChI=1S/C11H10N2OS2/c14-10(12-7-3-4-7)8-6-16-11(13-8)9-2-1-5-15-9/h1-2,5-7H,3-4H2,(H,12,14). The largest absolute Gasteiger partial charge is 0.348 e. The van der Waals surface area contributed by atoms with Crippen molar-refractivity contribution in [2.45, 2.75) is 18.9 Å². The predicted octanol–water partition coefficient (Wildman–Crippen LogP) is 2.76. The van der Waals surface area contributed by atoms with Crippen molar-refractivity contribution < 1.29 is 4.79 Å². The first kappa shape index (κ1) is 9.99. The number of carbonyl (C=O) groups excluding carboxylic acids is 1. The van der Waals surface area contributed by atoms with Crippen molar-refractivity contribution in [1.29, 1.82) is 0 Å². The van der Waals surface area contributed by atoms with Crippen molar-refractivity contribution in [3.05, 3.63) is 28.6 Å². The minimum Gasteiger partial charge on any atom is -0.348 e. The molecule has 0 spiro atoms. The lowest BCUT2D eigenvalue weighted by Gasteiger charge is -1.97. The van der Waals surface area contributed by atoms with Gasteiger partial charge in [-0.1, -0.05) is 6.07 Å². The van der Waals surface area contributed by atoms with Crippen LogP contribution in [0.2, 0.25) is 0 Å². The molecule has 0 unspecified atom stereocenters. The summed E-state index contributed by atoms with van der Waals surface area (Å²) < 4.78 is 0. The van der Waals surface area contributed by atoms with E-state index in [1.807, 2.05) is 22.9 Å². The first-order valence-electron chi connectivity index (χ1n) is 5.13. The number of nitrogens with one attached hydrogen (secondary N) is 1. The van der Waals surface area contributed by atoms with E-state index in [0.29, 0.717) is 11.7 Å². The minimum absolute atomic E-state index is 0.0402. The summed E-state index contributed by atoms with van der Waals surface area (Å²) in [5.41, 5.74) is 0.542. The molecule has 1 N–H and O–H groups in total. The van der Waals surface area contributed by atoms with E-state index in [9.17, 15) is 4.79 Å². The molecule has 16 heavy (non-hydrogen) atoms. The number of amides is 1. The van der Waals surface area contributed by atoms with Crippen molar-refractivity contribution in [2.75, 3.05) is 0 Å². The molecule has 2 aromatic heterocycles. The van der Waals surface area contributed by atoms with Gasteiger partial charge >= 0.3 is 0 Å². The molecule has 2 heterocycles. The topological polar surface area (TPSA) is 42.0 Å². The van der Waals surface area contributed by atoms with E-state index < -0.39 is 0 Å². The van der Waals surface area contributed by atoms with E-state index >= 15 is 0 Å². The maximum absolute atomic E-state index is 11.7. The second-order valence-electron chi connectivity index (χ2n) is 3.76. The molecular formula is C11H10N2OS2. The molecule has 1 aliphatic rings. The highest BCUT2D eigenvalue weighted by atomic mass is 32.1. The van der Waals surface area contributed by atoms with E-state index in [-0.39, 0.29) is 5.91 Å². The summed E-state index contributed by atoms with van der Waals surface area (Å²) in [6.45, 7) is 0. The maximum atomic E-state index is 11.7. The quantitative estimate of drug-likeness (QED) is 0.910. The van der Waals surface area contributed by atoms with Gasteiger partial charge in [0.15, 0.2) is 0 Å². The molecule has 2 aromatic rings. The molecule has 0 atom stereocenters. The molecule has 1 fully saturated rings. The normalized spacial score (nSPS) is 15.0. The van der Waals surface area contributed by atoms with Gasteiger partial charge in [-0.05, 0) is 24.3 Å². The monoisotopic (exact) mass is 250 g/mol. The first-order chi connectivity index (χ1) is 7.83. The average Bonchev–Trinajstić information content (AvgIpc) is 2.84. The Kier molecular flexibility index (Phi) is 2.49. The third-order valence-electron chi connectivity index (χ3n) is 2.38. The van der Waals surface area contributed by atoms with E-state index in [1.54, 1.807) is 11.3 Å². The fourth-order valence-corrected chi connectivity index (χ4v) is 2.99. The number of carbonyl (C=O) groups is 1. The summed E-state index contributed by atoms with van der Waals surface area (Å²) in [6.07, 6.45) is 2.21. The lowest BCUT2D eigenvalue weighted by molar-refractivity contribution is 0.0947. The molecule has 1 amide bonds. The smallest absolute Gasteiger partial charge is 0.270 e. The Hall–Kier alpha value is -1.20. The van der Waals surface area contributed by atoms with Crippen molar-refractivity contribution in [2.24, 2.45) is 0 Å². The van der Waals surface area contributed by atoms with E-state index in [2.05, 4.69) is 10.3 Å². The van der Waals surface area contributed by atoms with Crippen LogP contribution in [0.3, 0.4) is 0 Å². The van der Waals surface area contributed by atoms with E-state index in [4.69, 9.17) is 0 Å². The Morgan fingerprint density at radius 2 is 2.31 bits per heavy atom. The zero-order valence-corrected chi connectivity index (χ0v) is 10.1. The van der Waals surface area contributed by atoms with Crippen molar-refractivity contribution in [1.82, 2.24) is 10.3 Å². The lowest BCUT2D eigenvalue weighted by atomic mass is 10.4. The molecule has 82 valence electrons. The number of rotatable bonds is 3. The fraction of sp³-hybridized carbons (Fsp3) is 0.273. The highest BCUT2D eigenvalue weighted by Gasteiger charge is 2.24. The van der Waals surface area contributed by atoms with Crippen LogP contribution in [-0.2, 0) is 0 Å². The van der Waals surface area contributed by atoms with Crippen LogP contribution in [0, 0.1) is 0 Å². The summed E-state index contributed by atoms with van der Waals surface area (Å²) >= 11 is 3.17. The number of hydrogen-bond donors (Lipinski definition) is 1. The molecule has 1 aliphatic carbocycles. The number of thiophene rings is 1. The van der Waals surface area contributed by atoms with Gasteiger partial charge in [-0.15, -0.1) is 22.7 Å². The zero-order valence-electron chi connectivity index (χ0n) is 8.47. The molecule has 0 bridgehead atoms. The third kappa shape index (κ3) is 2.01. The number of hydrogen-bond acceptors (Lipinski definition) is 4. The summed E-state index contributed by atoms with van der Waals surface area (Å²) in [4.78, 5) is 17.2. The van der Waals surface area contributed by atoms with Gasteiger partial charge in [0, 0.05) is 11.4 Å². The van der Waals surface area contributed by atoms with Gasteiger partial charge in [0.05, 0.1) is 4.88 Å². The zero-order chi connectivity index (χ0) is 11.0. The van der Waals surface area contributed by atoms with Crippen molar-refractivity contribution >= 4 is 28.6 Å². The second kappa shape index (κ2) is 3.99. The Labute approximate surface area is 101 Å². The maximum Gasteiger partial charge on any atom is 0.270 e. The molecule has 5 heteroatoms. The Morgan fingerprint density at radius 3 is 3.00 bits per heavy atom. The third-order valence-corrected chi connectivity index (χ3v) is 4.26. The van der Waals surface area contributed by atoms with Gasteiger partial charge in [-0.2, -0.15) is 0 Å². The number of aromatic nitrogens is 1.